The van der Waals surface area contributed by atoms with E-state index < -0.39 is 41.1 Å². The number of nitrogens with one attached hydrogen (secondary N) is 2. The number of halogens is 2. The van der Waals surface area contributed by atoms with Crippen molar-refractivity contribution in [1.29, 1.82) is 5.26 Å². The fourth-order valence-electron chi connectivity index (χ4n) is 6.17. The largest absolute Gasteiger partial charge is 0.496 e. The second-order valence-electron chi connectivity index (χ2n) is 12.9. The number of nitrogens with zero attached hydrogens (tertiary/aromatic N) is 4. The minimum absolute atomic E-state index is 0.0271. The zero-order valence-electron chi connectivity index (χ0n) is 28.1. The van der Waals surface area contributed by atoms with Crippen LogP contribution >= 0.6 is 11.6 Å². The van der Waals surface area contributed by atoms with Crippen molar-refractivity contribution in [3.05, 3.63) is 106 Å². The number of benzene rings is 2. The number of aromatic nitrogens is 2. The molecule has 2 aliphatic rings. The van der Waals surface area contributed by atoms with Crippen LogP contribution in [0.15, 0.2) is 71.3 Å². The number of likely N-dealkylation sites (tertiary alicyclic amines) is 1. The summed E-state index contributed by atoms with van der Waals surface area (Å²) in [4.78, 5) is 36.9. The normalized spacial score (nSPS) is 20.3. The van der Waals surface area contributed by atoms with E-state index in [0.717, 1.165) is 16.7 Å². The number of aryl methyl sites for hydroxylation is 1. The van der Waals surface area contributed by atoms with Crippen LogP contribution in [0.2, 0.25) is 0 Å². The van der Waals surface area contributed by atoms with E-state index in [1.54, 1.807) is 24.3 Å². The minimum Gasteiger partial charge on any atom is -0.496 e. The number of allylic oxidation sites excluding steroid dienone is 2. The number of amides is 1. The zero-order chi connectivity index (χ0) is 36.5. The average Bonchev–Trinajstić information content (AvgIpc) is 3.55. The number of ether oxygens (including phenoxy) is 1. The molecule has 0 bridgehead atoms. The van der Waals surface area contributed by atoms with E-state index >= 15 is 0 Å². The van der Waals surface area contributed by atoms with Crippen molar-refractivity contribution in [3.63, 3.8) is 0 Å². The molecule has 3 unspecified atom stereocenters. The summed E-state index contributed by atoms with van der Waals surface area (Å²) in [7, 11) is 1.40. The molecule has 4 aromatic rings. The maximum atomic E-state index is 14.1. The Morgan fingerprint density at radius 1 is 1.27 bits per heavy atom. The van der Waals surface area contributed by atoms with Gasteiger partial charge in [0, 0.05) is 44.0 Å². The van der Waals surface area contributed by atoms with Crippen LogP contribution in [-0.2, 0) is 23.4 Å². The molecule has 2 aromatic carbocycles. The number of fused-ring (bicyclic) bond motifs is 1. The molecule has 2 aromatic heterocycles. The Morgan fingerprint density at radius 2 is 2.04 bits per heavy atom. The van der Waals surface area contributed by atoms with Crippen LogP contribution in [0.25, 0.3) is 16.7 Å². The van der Waals surface area contributed by atoms with Crippen molar-refractivity contribution in [2.75, 3.05) is 26.8 Å². The molecule has 1 fully saturated rings. The van der Waals surface area contributed by atoms with Gasteiger partial charge in [0.1, 0.15) is 34.7 Å². The van der Waals surface area contributed by atoms with Gasteiger partial charge in [0.15, 0.2) is 11.1 Å². The summed E-state index contributed by atoms with van der Waals surface area (Å²) in [5, 5.41) is 34.0. The number of nitriles is 1. The van der Waals surface area contributed by atoms with Gasteiger partial charge in [-0.3, -0.25) is 24.8 Å². The molecule has 264 valence electrons. The monoisotopic (exact) mass is 714 g/mol. The summed E-state index contributed by atoms with van der Waals surface area (Å²) in [5.74, 6) is -1.61. The summed E-state index contributed by atoms with van der Waals surface area (Å²) in [6, 6.07) is 14.7. The van der Waals surface area contributed by atoms with Gasteiger partial charge in [-0.05, 0) is 54.3 Å². The number of alkyl halides is 2. The lowest BCUT2D eigenvalue weighted by Gasteiger charge is -2.36. The number of aliphatic hydroxyl groups is 1. The van der Waals surface area contributed by atoms with Crippen molar-refractivity contribution in [3.8, 4) is 11.8 Å². The lowest BCUT2D eigenvalue weighted by molar-refractivity contribution is -0.145. The highest BCUT2D eigenvalue weighted by Gasteiger charge is 2.47. The van der Waals surface area contributed by atoms with Crippen LogP contribution in [0, 0.1) is 18.3 Å². The Kier molecular flexibility index (Phi) is 9.97. The number of rotatable bonds is 12. The number of carboxylic acids is 1. The number of aliphatic hydroxyl groups excluding tert-OH is 1. The van der Waals surface area contributed by atoms with Crippen molar-refractivity contribution in [1.82, 2.24) is 25.5 Å². The summed E-state index contributed by atoms with van der Waals surface area (Å²) < 4.78 is 25.4. The second kappa shape index (κ2) is 14.2. The number of pyridine rings is 1. The zero-order valence-corrected chi connectivity index (χ0v) is 28.9. The van der Waals surface area contributed by atoms with Gasteiger partial charge in [0.05, 0.1) is 24.7 Å². The van der Waals surface area contributed by atoms with Crippen LogP contribution in [0.3, 0.4) is 0 Å². The molecular weight excluding hydrogens is 679 g/mol. The Bertz CT molecular complexity index is 2110. The first-order valence-corrected chi connectivity index (χ1v) is 16.6. The highest BCUT2D eigenvalue weighted by molar-refractivity contribution is 6.28. The van der Waals surface area contributed by atoms with E-state index in [2.05, 4.69) is 21.7 Å². The third-order valence-electron chi connectivity index (χ3n) is 9.28. The highest BCUT2D eigenvalue weighted by atomic mass is 35.5. The maximum Gasteiger partial charge on any atom is 0.326 e. The fraction of sp³-hybridized carbons (Fsp3) is 0.324. The highest BCUT2D eigenvalue weighted by Crippen LogP contribution is 2.43. The van der Waals surface area contributed by atoms with E-state index in [0.29, 0.717) is 36.3 Å². The summed E-state index contributed by atoms with van der Waals surface area (Å²) in [6.07, 6.45) is 5.80. The van der Waals surface area contributed by atoms with E-state index in [-0.39, 0.29) is 35.0 Å². The van der Waals surface area contributed by atoms with Gasteiger partial charge in [-0.15, -0.1) is 11.6 Å². The van der Waals surface area contributed by atoms with Crippen molar-refractivity contribution in [2.24, 2.45) is 0 Å². The Hall–Kier alpha value is -5.13. The molecule has 6 rings (SSSR count). The fourth-order valence-corrected chi connectivity index (χ4v) is 6.58. The average molecular weight is 715 g/mol. The summed E-state index contributed by atoms with van der Waals surface area (Å²) >= 11 is 7.36. The molecule has 3 heterocycles. The lowest BCUT2D eigenvalue weighted by atomic mass is 9.81. The van der Waals surface area contributed by atoms with E-state index in [1.165, 1.54) is 26.3 Å². The third kappa shape index (κ3) is 6.83. The first kappa shape index (κ1) is 35.7. The first-order valence-electron chi connectivity index (χ1n) is 16.2. The van der Waals surface area contributed by atoms with E-state index in [4.69, 9.17) is 25.7 Å². The van der Waals surface area contributed by atoms with Gasteiger partial charge in [-0.1, -0.05) is 36.4 Å². The van der Waals surface area contributed by atoms with Gasteiger partial charge in [-0.2, -0.15) is 5.26 Å². The van der Waals surface area contributed by atoms with Gasteiger partial charge in [-0.25, -0.2) is 9.37 Å². The molecule has 12 nitrogen and oxygen atoms in total. The first-order chi connectivity index (χ1) is 24.4. The smallest absolute Gasteiger partial charge is 0.326 e. The van der Waals surface area contributed by atoms with Crippen molar-refractivity contribution < 1.29 is 33.3 Å². The number of aliphatic carboxylic acids is 1. The van der Waals surface area contributed by atoms with Crippen molar-refractivity contribution >= 4 is 40.2 Å². The quantitative estimate of drug-likeness (QED) is 0.153. The van der Waals surface area contributed by atoms with Crippen LogP contribution in [0.5, 0.6) is 5.75 Å². The number of oxazole rings is 1. The summed E-state index contributed by atoms with van der Waals surface area (Å²) in [5.41, 5.74) is 1.30. The topological polar surface area (TPSA) is 174 Å². The number of methoxy groups -OCH3 is 1. The lowest BCUT2D eigenvalue weighted by Crippen LogP contribution is -2.52. The predicted molar refractivity (Wildman–Crippen MR) is 187 cm³/mol. The molecule has 0 saturated carbocycles. The van der Waals surface area contributed by atoms with Crippen molar-refractivity contribution in [2.45, 2.75) is 49.6 Å². The molecule has 1 aliphatic heterocycles. The molecule has 0 radical (unpaired) electrons. The van der Waals surface area contributed by atoms with Gasteiger partial charge >= 0.3 is 5.97 Å². The Labute approximate surface area is 298 Å². The number of hydrogen-bond donors (Lipinski definition) is 4. The molecule has 0 spiro atoms. The SMILES string of the molecule is COc1cc(C(=O)NC2(c3nc4cc(CN5CC(F)C5)cc(C#N)c4o3)C=CC=C(c3ccccc3C)C2Cl)ncc1CNC(C)(CO)C(=O)O. The molecule has 51 heavy (non-hydrogen) atoms. The molecule has 1 amide bonds. The standard InChI is InChI=1S/C37H36ClFN6O6/c1-21-7-4-5-8-26(21)27-9-6-10-37(32(27)38,34-43-28-12-22(17-45-18-25(39)19-45)11-23(14-40)31(28)51-34)44-33(47)29-13-30(50-3)24(15-41-29)16-42-36(2,20-46)35(48)49/h4-13,15,25,32,42,46H,16-20H2,1-3H3,(H,44,47)(H,48,49). The number of carbonyl (C=O) groups excluding carboxylic acids is 1. The predicted octanol–water partition coefficient (Wildman–Crippen LogP) is 4.38. The van der Waals surface area contributed by atoms with Crippen LogP contribution in [0.1, 0.15) is 51.1 Å². The molecular formula is C37H36ClFN6O6. The second-order valence-corrected chi connectivity index (χ2v) is 13.4. The molecule has 4 N–H and O–H groups in total. The summed E-state index contributed by atoms with van der Waals surface area (Å²) in [6.45, 7) is 3.67. The van der Waals surface area contributed by atoms with E-state index in [9.17, 15) is 29.5 Å². The van der Waals surface area contributed by atoms with Gasteiger partial charge < -0.3 is 24.7 Å². The van der Waals surface area contributed by atoms with Gasteiger partial charge in [0.25, 0.3) is 5.91 Å². The van der Waals surface area contributed by atoms with Gasteiger partial charge in [0.2, 0.25) is 5.89 Å². The van der Waals surface area contributed by atoms with Crippen LogP contribution in [0.4, 0.5) is 4.39 Å². The maximum absolute atomic E-state index is 14.1. The van der Waals surface area contributed by atoms with Crippen LogP contribution < -0.4 is 15.4 Å². The third-order valence-corrected chi connectivity index (χ3v) is 9.86. The molecule has 1 aliphatic carbocycles. The number of hydrogen-bond acceptors (Lipinski definition) is 10. The minimum atomic E-state index is -1.61. The van der Waals surface area contributed by atoms with Crippen LogP contribution in [-0.4, -0.2) is 80.9 Å². The molecule has 1 saturated heterocycles. The Balaban J connectivity index is 1.39. The number of carboxylic acid groups (broad SMARTS) is 1. The van der Waals surface area contributed by atoms with E-state index in [1.807, 2.05) is 42.2 Å². The number of carbonyl (C=O) groups is 2. The Morgan fingerprint density at radius 3 is 2.71 bits per heavy atom. The molecule has 14 heteroatoms. The molecule has 3 atom stereocenters.